The Bertz CT molecular complexity index is 1210. The van der Waals surface area contributed by atoms with Crippen LogP contribution in [0, 0.1) is 18.3 Å². The van der Waals surface area contributed by atoms with Crippen molar-refractivity contribution in [2.24, 2.45) is 0 Å². The van der Waals surface area contributed by atoms with E-state index in [1.807, 2.05) is 61.5 Å². The molecule has 3 aromatic carbocycles. The Hall–Kier alpha value is -3.76. The van der Waals surface area contributed by atoms with E-state index in [4.69, 9.17) is 14.2 Å². The molecule has 1 amide bonds. The summed E-state index contributed by atoms with van der Waals surface area (Å²) in [6.45, 7) is 2.70. The molecule has 6 nitrogen and oxygen atoms in total. The molecule has 0 unspecified atom stereocenters. The molecule has 0 aliphatic heterocycles. The zero-order valence-corrected chi connectivity index (χ0v) is 20.8. The van der Waals surface area contributed by atoms with Gasteiger partial charge in [0.05, 0.1) is 18.7 Å². The van der Waals surface area contributed by atoms with E-state index in [0.717, 1.165) is 16.9 Å². The van der Waals surface area contributed by atoms with Crippen LogP contribution < -0.4 is 19.5 Å². The van der Waals surface area contributed by atoms with Gasteiger partial charge in [0.1, 0.15) is 24.0 Å². The molecule has 0 atom stereocenters. The van der Waals surface area contributed by atoms with Crippen LogP contribution in [0.1, 0.15) is 22.3 Å². The molecule has 0 bridgehead atoms. The first-order valence-electron chi connectivity index (χ1n) is 10.5. The molecule has 7 heteroatoms. The summed E-state index contributed by atoms with van der Waals surface area (Å²) >= 11 is 3.52. The van der Waals surface area contributed by atoms with Crippen molar-refractivity contribution >= 4 is 27.9 Å². The number of amides is 1. The van der Waals surface area contributed by atoms with Crippen LogP contribution >= 0.6 is 15.9 Å². The number of halogens is 1. The number of ether oxygens (including phenoxy) is 3. The standard InChI is InChI=1S/C27H25BrN2O4/c1-18-4-6-20(7-5-18)17-34-26-24(28)13-21(14-25(26)33-3)12-22(15-29)27(31)30-16-19-8-10-23(32-2)11-9-19/h4-14H,16-17H2,1-3H3,(H,30,31)/b22-12-. The van der Waals surface area contributed by atoms with E-state index in [-0.39, 0.29) is 5.57 Å². The Morgan fingerprint density at radius 1 is 1.03 bits per heavy atom. The lowest BCUT2D eigenvalue weighted by Gasteiger charge is -2.14. The van der Waals surface area contributed by atoms with Crippen LogP contribution in [-0.2, 0) is 17.9 Å². The summed E-state index contributed by atoms with van der Waals surface area (Å²) in [7, 11) is 3.14. The normalized spacial score (nSPS) is 10.9. The van der Waals surface area contributed by atoms with Crippen LogP contribution in [0.2, 0.25) is 0 Å². The maximum atomic E-state index is 12.6. The SMILES string of the molecule is COc1ccc(CNC(=O)/C(C#N)=C\c2cc(Br)c(OCc3ccc(C)cc3)c(OC)c2)cc1. The molecule has 0 saturated heterocycles. The van der Waals surface area contributed by atoms with Gasteiger partial charge in [0.2, 0.25) is 0 Å². The lowest BCUT2D eigenvalue weighted by atomic mass is 10.1. The van der Waals surface area contributed by atoms with Gasteiger partial charge in [0.15, 0.2) is 11.5 Å². The van der Waals surface area contributed by atoms with Crippen molar-refractivity contribution in [3.05, 3.63) is 93.0 Å². The first-order valence-corrected chi connectivity index (χ1v) is 11.3. The molecule has 0 aliphatic carbocycles. The van der Waals surface area contributed by atoms with E-state index in [1.54, 1.807) is 26.4 Å². The predicted molar refractivity (Wildman–Crippen MR) is 135 cm³/mol. The Labute approximate surface area is 207 Å². The fourth-order valence-corrected chi connectivity index (χ4v) is 3.71. The van der Waals surface area contributed by atoms with Crippen LogP contribution in [-0.4, -0.2) is 20.1 Å². The van der Waals surface area contributed by atoms with Crippen molar-refractivity contribution in [3.8, 4) is 23.3 Å². The summed E-state index contributed by atoms with van der Waals surface area (Å²) in [5.74, 6) is 1.30. The number of aryl methyl sites for hydroxylation is 1. The Balaban J connectivity index is 1.72. The van der Waals surface area contributed by atoms with Gasteiger partial charge in [0, 0.05) is 6.54 Å². The minimum atomic E-state index is -0.465. The van der Waals surface area contributed by atoms with Gasteiger partial charge in [-0.05, 0) is 69.9 Å². The number of rotatable bonds is 9. The zero-order chi connectivity index (χ0) is 24.5. The third-order valence-corrected chi connectivity index (χ3v) is 5.63. The summed E-state index contributed by atoms with van der Waals surface area (Å²) < 4.78 is 17.3. The second kappa shape index (κ2) is 11.9. The Kier molecular flexibility index (Phi) is 8.72. The highest BCUT2D eigenvalue weighted by atomic mass is 79.9. The monoisotopic (exact) mass is 520 g/mol. The number of nitrogens with zero attached hydrogens (tertiary/aromatic N) is 1. The largest absolute Gasteiger partial charge is 0.497 e. The molecule has 0 heterocycles. The summed E-state index contributed by atoms with van der Waals surface area (Å²) in [5.41, 5.74) is 3.72. The molecule has 3 aromatic rings. The van der Waals surface area contributed by atoms with E-state index in [0.29, 0.717) is 34.7 Å². The third-order valence-electron chi connectivity index (χ3n) is 5.04. The summed E-state index contributed by atoms with van der Waals surface area (Å²) in [6.07, 6.45) is 1.51. The van der Waals surface area contributed by atoms with Crippen molar-refractivity contribution in [3.63, 3.8) is 0 Å². The predicted octanol–water partition coefficient (Wildman–Crippen LogP) is 5.58. The maximum Gasteiger partial charge on any atom is 0.262 e. The van der Waals surface area contributed by atoms with Gasteiger partial charge < -0.3 is 19.5 Å². The topological polar surface area (TPSA) is 80.6 Å². The molecule has 3 rings (SSSR count). The minimum absolute atomic E-state index is 0.0178. The minimum Gasteiger partial charge on any atom is -0.497 e. The molecule has 0 aromatic heterocycles. The number of nitriles is 1. The molecular weight excluding hydrogens is 496 g/mol. The molecule has 0 spiro atoms. The fourth-order valence-electron chi connectivity index (χ4n) is 3.14. The summed E-state index contributed by atoms with van der Waals surface area (Å²) in [5, 5.41) is 12.3. The summed E-state index contributed by atoms with van der Waals surface area (Å²) in [6, 6.07) is 20.9. The number of carbonyl (C=O) groups excluding carboxylic acids is 1. The smallest absolute Gasteiger partial charge is 0.262 e. The Morgan fingerprint density at radius 3 is 2.32 bits per heavy atom. The zero-order valence-electron chi connectivity index (χ0n) is 19.2. The van der Waals surface area contributed by atoms with E-state index in [1.165, 1.54) is 11.6 Å². The Morgan fingerprint density at radius 2 is 1.71 bits per heavy atom. The first kappa shape index (κ1) is 24.9. The number of benzene rings is 3. The van der Waals surface area contributed by atoms with Crippen molar-refractivity contribution in [2.75, 3.05) is 14.2 Å². The van der Waals surface area contributed by atoms with Crippen molar-refractivity contribution in [2.45, 2.75) is 20.1 Å². The maximum absolute atomic E-state index is 12.6. The second-order valence-electron chi connectivity index (χ2n) is 7.51. The first-order chi connectivity index (χ1) is 16.4. The van der Waals surface area contributed by atoms with Gasteiger partial charge in [-0.2, -0.15) is 5.26 Å². The number of methoxy groups -OCH3 is 2. The highest BCUT2D eigenvalue weighted by molar-refractivity contribution is 9.10. The van der Waals surface area contributed by atoms with Gasteiger partial charge >= 0.3 is 0 Å². The second-order valence-corrected chi connectivity index (χ2v) is 8.36. The number of hydrogen-bond acceptors (Lipinski definition) is 5. The number of carbonyl (C=O) groups is 1. The average Bonchev–Trinajstić information content (AvgIpc) is 2.86. The number of hydrogen-bond donors (Lipinski definition) is 1. The lowest BCUT2D eigenvalue weighted by molar-refractivity contribution is -0.117. The van der Waals surface area contributed by atoms with Gasteiger partial charge in [-0.15, -0.1) is 0 Å². The van der Waals surface area contributed by atoms with Gasteiger partial charge in [-0.1, -0.05) is 42.0 Å². The van der Waals surface area contributed by atoms with E-state index in [2.05, 4.69) is 21.2 Å². The van der Waals surface area contributed by atoms with Crippen LogP contribution in [0.25, 0.3) is 6.08 Å². The molecule has 0 aliphatic rings. The average molecular weight is 521 g/mol. The van der Waals surface area contributed by atoms with E-state index < -0.39 is 5.91 Å². The third kappa shape index (κ3) is 6.63. The highest BCUT2D eigenvalue weighted by Gasteiger charge is 2.14. The quantitative estimate of drug-likeness (QED) is 0.294. The lowest BCUT2D eigenvalue weighted by Crippen LogP contribution is -2.23. The van der Waals surface area contributed by atoms with Crippen molar-refractivity contribution in [1.82, 2.24) is 5.32 Å². The molecule has 34 heavy (non-hydrogen) atoms. The molecule has 0 saturated carbocycles. The van der Waals surface area contributed by atoms with Crippen LogP contribution in [0.3, 0.4) is 0 Å². The number of nitrogens with one attached hydrogen (secondary N) is 1. The molecule has 0 fully saturated rings. The van der Waals surface area contributed by atoms with Crippen molar-refractivity contribution < 1.29 is 19.0 Å². The highest BCUT2D eigenvalue weighted by Crippen LogP contribution is 2.37. The molecule has 0 radical (unpaired) electrons. The van der Waals surface area contributed by atoms with E-state index >= 15 is 0 Å². The molecular formula is C27H25BrN2O4. The van der Waals surface area contributed by atoms with Gasteiger partial charge in [-0.25, -0.2) is 0 Å². The van der Waals surface area contributed by atoms with Gasteiger partial charge in [0.25, 0.3) is 5.91 Å². The van der Waals surface area contributed by atoms with Crippen LogP contribution in [0.15, 0.2) is 70.7 Å². The van der Waals surface area contributed by atoms with Crippen LogP contribution in [0.4, 0.5) is 0 Å². The molecule has 1 N–H and O–H groups in total. The van der Waals surface area contributed by atoms with Crippen LogP contribution in [0.5, 0.6) is 17.2 Å². The fraction of sp³-hybridized carbons (Fsp3) is 0.185. The van der Waals surface area contributed by atoms with Crippen molar-refractivity contribution in [1.29, 1.82) is 5.26 Å². The van der Waals surface area contributed by atoms with Gasteiger partial charge in [-0.3, -0.25) is 4.79 Å². The van der Waals surface area contributed by atoms with E-state index in [9.17, 15) is 10.1 Å². The molecule has 174 valence electrons. The summed E-state index contributed by atoms with van der Waals surface area (Å²) in [4.78, 5) is 12.6.